The van der Waals surface area contributed by atoms with Crippen molar-refractivity contribution in [2.45, 2.75) is 13.5 Å². The lowest BCUT2D eigenvalue weighted by Crippen LogP contribution is -2.02. The normalized spacial score (nSPS) is 11.3. The van der Waals surface area contributed by atoms with Crippen LogP contribution in [0.15, 0.2) is 48.7 Å². The minimum Gasteiger partial charge on any atom is -0.497 e. The highest BCUT2D eigenvalue weighted by Gasteiger charge is 2.12. The van der Waals surface area contributed by atoms with Crippen LogP contribution in [0.2, 0.25) is 5.02 Å². The number of aromatic nitrogens is 3. The molecule has 0 saturated carbocycles. The molecule has 0 N–H and O–H groups in total. The molecule has 0 radical (unpaired) electrons. The van der Waals surface area contributed by atoms with Crippen LogP contribution in [-0.2, 0) is 6.54 Å². The van der Waals surface area contributed by atoms with E-state index in [0.29, 0.717) is 5.02 Å². The summed E-state index contributed by atoms with van der Waals surface area (Å²) >= 11 is 6.15. The summed E-state index contributed by atoms with van der Waals surface area (Å²) in [5, 5.41) is 1.68. The van der Waals surface area contributed by atoms with Gasteiger partial charge in [-0.2, -0.15) is 0 Å². The fraction of sp³-hybridized carbons (Fsp3) is 0.158. The Balaban J connectivity index is 1.84. The Morgan fingerprint density at radius 1 is 1.12 bits per heavy atom. The Bertz CT molecular complexity index is 1040. The number of aryl methyl sites for hydroxylation is 1. The molecule has 2 aromatic heterocycles. The van der Waals surface area contributed by atoms with Crippen LogP contribution in [0.1, 0.15) is 11.4 Å². The number of benzene rings is 2. The summed E-state index contributed by atoms with van der Waals surface area (Å²) in [5.41, 5.74) is 4.04. The van der Waals surface area contributed by atoms with E-state index < -0.39 is 0 Å². The number of imidazole rings is 1. The molecule has 0 aliphatic rings. The third kappa shape index (κ3) is 2.49. The Kier molecular flexibility index (Phi) is 3.62. The quantitative estimate of drug-likeness (QED) is 0.548. The number of nitrogens with zero attached hydrogens (tertiary/aromatic N) is 3. The van der Waals surface area contributed by atoms with Crippen molar-refractivity contribution in [2.24, 2.45) is 0 Å². The number of hydrogen-bond acceptors (Lipinski definition) is 3. The Morgan fingerprint density at radius 3 is 2.67 bits per heavy atom. The zero-order valence-corrected chi connectivity index (χ0v) is 14.2. The maximum atomic E-state index is 6.15. The molecular weight excluding hydrogens is 322 g/mol. The van der Waals surface area contributed by atoms with Crippen molar-refractivity contribution >= 4 is 33.5 Å². The molecule has 4 aromatic rings. The number of rotatable bonds is 3. The van der Waals surface area contributed by atoms with Crippen LogP contribution in [0.5, 0.6) is 5.75 Å². The Labute approximate surface area is 144 Å². The first-order chi connectivity index (χ1) is 11.7. The molecular formula is C19H16ClN3O. The van der Waals surface area contributed by atoms with Crippen molar-refractivity contribution in [3.05, 3.63) is 65.1 Å². The molecule has 4 nitrogen and oxygen atoms in total. The van der Waals surface area contributed by atoms with Crippen molar-refractivity contribution in [1.29, 1.82) is 0 Å². The van der Waals surface area contributed by atoms with Crippen LogP contribution in [0.4, 0.5) is 0 Å². The summed E-state index contributed by atoms with van der Waals surface area (Å²) in [5.74, 6) is 1.81. The van der Waals surface area contributed by atoms with E-state index in [0.717, 1.165) is 40.1 Å². The highest BCUT2D eigenvalue weighted by Crippen LogP contribution is 2.27. The second-order valence-corrected chi connectivity index (χ2v) is 6.18. The average Bonchev–Trinajstić information content (AvgIpc) is 2.92. The van der Waals surface area contributed by atoms with E-state index in [-0.39, 0.29) is 0 Å². The number of hydrogen-bond donors (Lipinski definition) is 0. The van der Waals surface area contributed by atoms with Gasteiger partial charge in [0.2, 0.25) is 0 Å². The highest BCUT2D eigenvalue weighted by atomic mass is 35.5. The van der Waals surface area contributed by atoms with Crippen LogP contribution < -0.4 is 4.74 Å². The first-order valence-electron chi connectivity index (χ1n) is 7.70. The van der Waals surface area contributed by atoms with Gasteiger partial charge in [-0.05, 0) is 42.8 Å². The van der Waals surface area contributed by atoms with Crippen molar-refractivity contribution in [3.63, 3.8) is 0 Å². The van der Waals surface area contributed by atoms with E-state index in [4.69, 9.17) is 21.3 Å². The summed E-state index contributed by atoms with van der Waals surface area (Å²) in [7, 11) is 1.67. The smallest absolute Gasteiger partial charge is 0.118 e. The molecule has 5 heteroatoms. The number of halogens is 1. The van der Waals surface area contributed by atoms with Crippen LogP contribution in [0.25, 0.3) is 21.9 Å². The predicted molar refractivity (Wildman–Crippen MR) is 96.9 cm³/mol. The van der Waals surface area contributed by atoms with E-state index in [1.165, 1.54) is 5.56 Å². The molecule has 0 atom stereocenters. The molecule has 0 amide bonds. The molecule has 0 aliphatic heterocycles. The topological polar surface area (TPSA) is 39.9 Å². The second-order valence-electron chi connectivity index (χ2n) is 5.75. The third-order valence-electron chi connectivity index (χ3n) is 4.24. The lowest BCUT2D eigenvalue weighted by Gasteiger charge is -2.08. The first kappa shape index (κ1) is 15.0. The minimum atomic E-state index is 0.694. The van der Waals surface area contributed by atoms with Crippen LogP contribution >= 0.6 is 11.6 Å². The maximum absolute atomic E-state index is 6.15. The van der Waals surface area contributed by atoms with Crippen LogP contribution in [0.3, 0.4) is 0 Å². The average molecular weight is 338 g/mol. The summed E-state index contributed by atoms with van der Waals surface area (Å²) in [6.45, 7) is 2.75. The van der Waals surface area contributed by atoms with Gasteiger partial charge in [0.25, 0.3) is 0 Å². The van der Waals surface area contributed by atoms with Crippen molar-refractivity contribution in [3.8, 4) is 5.75 Å². The largest absolute Gasteiger partial charge is 0.497 e. The second kappa shape index (κ2) is 5.80. The number of ether oxygens (including phenoxy) is 1. The van der Waals surface area contributed by atoms with Gasteiger partial charge in [0, 0.05) is 17.0 Å². The molecule has 0 aliphatic carbocycles. The first-order valence-corrected chi connectivity index (χ1v) is 8.07. The van der Waals surface area contributed by atoms with Crippen molar-refractivity contribution in [2.75, 3.05) is 7.11 Å². The fourth-order valence-electron chi connectivity index (χ4n) is 2.96. The maximum Gasteiger partial charge on any atom is 0.118 e. The van der Waals surface area contributed by atoms with Gasteiger partial charge < -0.3 is 9.30 Å². The molecule has 0 saturated heterocycles. The van der Waals surface area contributed by atoms with E-state index in [1.807, 2.05) is 43.5 Å². The van der Waals surface area contributed by atoms with Gasteiger partial charge in [0.15, 0.2) is 0 Å². The van der Waals surface area contributed by atoms with Crippen molar-refractivity contribution in [1.82, 2.24) is 14.5 Å². The van der Waals surface area contributed by atoms with E-state index in [2.05, 4.69) is 21.7 Å². The number of methoxy groups -OCH3 is 1. The summed E-state index contributed by atoms with van der Waals surface area (Å²) < 4.78 is 7.39. The third-order valence-corrected chi connectivity index (χ3v) is 4.47. The van der Waals surface area contributed by atoms with Crippen LogP contribution in [-0.4, -0.2) is 21.6 Å². The monoisotopic (exact) mass is 337 g/mol. The molecule has 0 fully saturated rings. The van der Waals surface area contributed by atoms with Gasteiger partial charge in [-0.1, -0.05) is 23.7 Å². The molecule has 120 valence electrons. The Hall–Kier alpha value is -2.59. The van der Waals surface area contributed by atoms with E-state index in [9.17, 15) is 0 Å². The molecule has 4 rings (SSSR count). The lowest BCUT2D eigenvalue weighted by molar-refractivity contribution is 0.414. The number of pyridine rings is 1. The zero-order valence-electron chi connectivity index (χ0n) is 13.5. The molecule has 2 heterocycles. The molecule has 2 aromatic carbocycles. The molecule has 0 bridgehead atoms. The predicted octanol–water partition coefficient (Wildman–Crippen LogP) is 4.60. The molecule has 0 spiro atoms. The van der Waals surface area contributed by atoms with Crippen molar-refractivity contribution < 1.29 is 4.74 Å². The zero-order chi connectivity index (χ0) is 16.7. The highest BCUT2D eigenvalue weighted by molar-refractivity contribution is 6.31. The summed E-state index contributed by atoms with van der Waals surface area (Å²) in [6, 6.07) is 13.8. The lowest BCUT2D eigenvalue weighted by atomic mass is 10.2. The molecule has 0 unspecified atom stereocenters. The standard InChI is InChI=1S/C19H16ClN3O/c1-12-22-19-16-9-14(20)5-8-17(16)21-10-18(19)23(12)11-13-3-6-15(24-2)7-4-13/h3-10H,11H2,1-2H3. The van der Waals surface area contributed by atoms with Gasteiger partial charge in [-0.3, -0.25) is 4.98 Å². The van der Waals surface area contributed by atoms with E-state index >= 15 is 0 Å². The van der Waals surface area contributed by atoms with Gasteiger partial charge >= 0.3 is 0 Å². The summed E-state index contributed by atoms with van der Waals surface area (Å²) in [4.78, 5) is 9.31. The van der Waals surface area contributed by atoms with Gasteiger partial charge in [0.05, 0.1) is 29.9 Å². The molecule has 24 heavy (non-hydrogen) atoms. The van der Waals surface area contributed by atoms with Gasteiger partial charge in [-0.25, -0.2) is 4.98 Å². The Morgan fingerprint density at radius 2 is 1.92 bits per heavy atom. The van der Waals surface area contributed by atoms with Gasteiger partial charge in [-0.15, -0.1) is 0 Å². The minimum absolute atomic E-state index is 0.694. The van der Waals surface area contributed by atoms with Gasteiger partial charge in [0.1, 0.15) is 11.6 Å². The summed E-state index contributed by atoms with van der Waals surface area (Å²) in [6.07, 6.45) is 1.88. The van der Waals surface area contributed by atoms with E-state index in [1.54, 1.807) is 7.11 Å². The fourth-order valence-corrected chi connectivity index (χ4v) is 3.14. The number of fused-ring (bicyclic) bond motifs is 3. The van der Waals surface area contributed by atoms with Crippen LogP contribution in [0, 0.1) is 6.92 Å². The SMILES string of the molecule is COc1ccc(Cn2c(C)nc3c4cc(Cl)ccc4ncc32)cc1.